The van der Waals surface area contributed by atoms with Gasteiger partial charge in [-0.25, -0.2) is 4.89 Å². The third-order valence-corrected chi connectivity index (χ3v) is 2.11. The third kappa shape index (κ3) is 3.70. The van der Waals surface area contributed by atoms with Gasteiger partial charge in [0.25, 0.3) is 0 Å². The average molecular weight is 162 g/mol. The molecule has 0 radical (unpaired) electrons. The molecule has 0 saturated heterocycles. The van der Waals surface area contributed by atoms with E-state index in [2.05, 4.69) is 4.89 Å². The van der Waals surface area contributed by atoms with Gasteiger partial charge in [-0.3, -0.25) is 5.26 Å². The Morgan fingerprint density at radius 3 is 2.27 bits per heavy atom. The molecule has 68 valence electrons. The molecule has 0 aliphatic heterocycles. The van der Waals surface area contributed by atoms with Crippen LogP contribution < -0.4 is 0 Å². The maximum Gasteiger partial charge on any atom is 0.103 e. The molecule has 0 heterocycles. The lowest BCUT2D eigenvalue weighted by Crippen LogP contribution is -2.31. The van der Waals surface area contributed by atoms with Gasteiger partial charge in [-0.2, -0.15) is 0 Å². The molecule has 3 heteroatoms. The van der Waals surface area contributed by atoms with Crippen LogP contribution in [0.15, 0.2) is 0 Å². The van der Waals surface area contributed by atoms with Gasteiger partial charge in [0, 0.05) is 6.42 Å². The summed E-state index contributed by atoms with van der Waals surface area (Å²) in [4.78, 5) is 4.30. The summed E-state index contributed by atoms with van der Waals surface area (Å²) in [5, 5.41) is 17.8. The van der Waals surface area contributed by atoms with Gasteiger partial charge in [0.1, 0.15) is 5.60 Å². The zero-order chi connectivity index (χ0) is 8.91. The average Bonchev–Trinajstić information content (AvgIpc) is 2.04. The van der Waals surface area contributed by atoms with Gasteiger partial charge in [0.2, 0.25) is 0 Å². The SMILES string of the molecule is CCC(O)CC(C)(CC)OO. The van der Waals surface area contributed by atoms with E-state index >= 15 is 0 Å². The van der Waals surface area contributed by atoms with Crippen molar-refractivity contribution < 1.29 is 15.3 Å². The first-order valence-electron chi connectivity index (χ1n) is 4.08. The number of aliphatic hydroxyl groups is 1. The standard InChI is InChI=1S/C8H18O3/c1-4-7(9)6-8(3,5-2)11-10/h7,9-10H,4-6H2,1-3H3. The first kappa shape index (κ1) is 10.9. The molecule has 0 aliphatic rings. The fourth-order valence-electron chi connectivity index (χ4n) is 0.889. The quantitative estimate of drug-likeness (QED) is 0.478. The summed E-state index contributed by atoms with van der Waals surface area (Å²) in [6.45, 7) is 5.60. The Morgan fingerprint density at radius 2 is 2.00 bits per heavy atom. The molecule has 0 spiro atoms. The maximum absolute atomic E-state index is 9.26. The highest BCUT2D eigenvalue weighted by molar-refractivity contribution is 4.75. The van der Waals surface area contributed by atoms with Crippen LogP contribution in [0.3, 0.4) is 0 Å². The smallest absolute Gasteiger partial charge is 0.103 e. The summed E-state index contributed by atoms with van der Waals surface area (Å²) in [6.07, 6.45) is 1.49. The van der Waals surface area contributed by atoms with E-state index in [1.54, 1.807) is 6.92 Å². The minimum absolute atomic E-state index is 0.382. The minimum Gasteiger partial charge on any atom is -0.393 e. The van der Waals surface area contributed by atoms with Crippen molar-refractivity contribution in [2.24, 2.45) is 0 Å². The molecule has 0 aromatic heterocycles. The van der Waals surface area contributed by atoms with Crippen molar-refractivity contribution in [2.45, 2.75) is 51.7 Å². The topological polar surface area (TPSA) is 49.7 Å². The van der Waals surface area contributed by atoms with Gasteiger partial charge in [0.05, 0.1) is 6.10 Å². The summed E-state index contributed by atoms with van der Waals surface area (Å²) in [5.41, 5.74) is -0.588. The Bertz CT molecular complexity index is 99.5. The Kier molecular flexibility index (Phi) is 4.65. The van der Waals surface area contributed by atoms with Gasteiger partial charge in [-0.15, -0.1) is 0 Å². The molecule has 2 unspecified atom stereocenters. The van der Waals surface area contributed by atoms with Crippen LogP contribution in [0.1, 0.15) is 40.0 Å². The molecule has 0 amide bonds. The van der Waals surface area contributed by atoms with Crippen LogP contribution in [0.5, 0.6) is 0 Å². The van der Waals surface area contributed by atoms with Gasteiger partial charge < -0.3 is 5.11 Å². The maximum atomic E-state index is 9.26. The zero-order valence-electron chi connectivity index (χ0n) is 7.50. The highest BCUT2D eigenvalue weighted by Crippen LogP contribution is 2.21. The second-order valence-electron chi connectivity index (χ2n) is 3.16. The van der Waals surface area contributed by atoms with Crippen molar-refractivity contribution in [2.75, 3.05) is 0 Å². The van der Waals surface area contributed by atoms with E-state index in [1.165, 1.54) is 0 Å². The molecule has 0 aromatic rings. The van der Waals surface area contributed by atoms with E-state index < -0.39 is 5.60 Å². The summed E-state index contributed by atoms with van der Waals surface area (Å²) < 4.78 is 0. The molecule has 2 atom stereocenters. The van der Waals surface area contributed by atoms with Crippen molar-refractivity contribution in [1.29, 1.82) is 0 Å². The largest absolute Gasteiger partial charge is 0.393 e. The molecule has 2 N–H and O–H groups in total. The Labute approximate surface area is 67.9 Å². The van der Waals surface area contributed by atoms with Crippen LogP contribution >= 0.6 is 0 Å². The fourth-order valence-corrected chi connectivity index (χ4v) is 0.889. The lowest BCUT2D eigenvalue weighted by atomic mass is 9.95. The number of hydrogen-bond donors (Lipinski definition) is 2. The Hall–Kier alpha value is -0.120. The number of hydrogen-bond acceptors (Lipinski definition) is 3. The highest BCUT2D eigenvalue weighted by atomic mass is 17.1. The third-order valence-electron chi connectivity index (χ3n) is 2.11. The summed E-state index contributed by atoms with van der Waals surface area (Å²) in [6, 6.07) is 0. The van der Waals surface area contributed by atoms with Crippen molar-refractivity contribution >= 4 is 0 Å². The van der Waals surface area contributed by atoms with Gasteiger partial charge >= 0.3 is 0 Å². The summed E-state index contributed by atoms with van der Waals surface area (Å²) in [7, 11) is 0. The molecule has 0 aliphatic carbocycles. The summed E-state index contributed by atoms with van der Waals surface area (Å²) >= 11 is 0. The lowest BCUT2D eigenvalue weighted by Gasteiger charge is -2.26. The molecule has 11 heavy (non-hydrogen) atoms. The van der Waals surface area contributed by atoms with Crippen LogP contribution in [0.2, 0.25) is 0 Å². The first-order valence-corrected chi connectivity index (χ1v) is 4.08. The molecule has 3 nitrogen and oxygen atoms in total. The Balaban J connectivity index is 3.86. The zero-order valence-corrected chi connectivity index (χ0v) is 7.50. The monoisotopic (exact) mass is 162 g/mol. The van der Waals surface area contributed by atoms with Crippen LogP contribution in [0.4, 0.5) is 0 Å². The lowest BCUT2D eigenvalue weighted by molar-refractivity contribution is -0.324. The van der Waals surface area contributed by atoms with E-state index in [0.717, 1.165) is 0 Å². The van der Waals surface area contributed by atoms with Crippen molar-refractivity contribution in [3.63, 3.8) is 0 Å². The normalized spacial score (nSPS) is 19.4. The molecule has 0 rings (SSSR count). The van der Waals surface area contributed by atoms with Crippen LogP contribution in [-0.4, -0.2) is 22.1 Å². The molecule has 0 bridgehead atoms. The fraction of sp³-hybridized carbons (Fsp3) is 1.00. The van der Waals surface area contributed by atoms with Gasteiger partial charge in [0.15, 0.2) is 0 Å². The van der Waals surface area contributed by atoms with Crippen LogP contribution in [0.25, 0.3) is 0 Å². The first-order chi connectivity index (χ1) is 5.08. The second kappa shape index (κ2) is 4.70. The molecule has 0 fully saturated rings. The highest BCUT2D eigenvalue weighted by Gasteiger charge is 2.25. The Morgan fingerprint density at radius 1 is 1.45 bits per heavy atom. The van der Waals surface area contributed by atoms with Crippen molar-refractivity contribution in [1.82, 2.24) is 0 Å². The summed E-state index contributed by atoms with van der Waals surface area (Å²) in [5.74, 6) is 0. The van der Waals surface area contributed by atoms with E-state index in [9.17, 15) is 5.11 Å². The number of aliphatic hydroxyl groups excluding tert-OH is 1. The van der Waals surface area contributed by atoms with E-state index in [0.29, 0.717) is 19.3 Å². The predicted octanol–water partition coefficient (Wildman–Crippen LogP) is 1.81. The molecule has 0 saturated carbocycles. The van der Waals surface area contributed by atoms with Gasteiger partial charge in [-0.1, -0.05) is 13.8 Å². The van der Waals surface area contributed by atoms with Crippen LogP contribution in [-0.2, 0) is 4.89 Å². The molecule has 0 aromatic carbocycles. The predicted molar refractivity (Wildman–Crippen MR) is 43.3 cm³/mol. The van der Waals surface area contributed by atoms with E-state index in [4.69, 9.17) is 5.26 Å². The van der Waals surface area contributed by atoms with Crippen molar-refractivity contribution in [3.8, 4) is 0 Å². The van der Waals surface area contributed by atoms with Gasteiger partial charge in [-0.05, 0) is 19.8 Å². The molecular weight excluding hydrogens is 144 g/mol. The van der Waals surface area contributed by atoms with E-state index in [-0.39, 0.29) is 6.10 Å². The number of rotatable bonds is 5. The minimum atomic E-state index is -0.588. The van der Waals surface area contributed by atoms with Crippen molar-refractivity contribution in [3.05, 3.63) is 0 Å². The second-order valence-corrected chi connectivity index (χ2v) is 3.16. The van der Waals surface area contributed by atoms with E-state index in [1.807, 2.05) is 13.8 Å². The van der Waals surface area contributed by atoms with Crippen LogP contribution in [0, 0.1) is 0 Å². The molecular formula is C8H18O3.